The molecule has 0 saturated carbocycles. The van der Waals surface area contributed by atoms with Gasteiger partial charge in [0.1, 0.15) is 11.6 Å². The summed E-state index contributed by atoms with van der Waals surface area (Å²) in [7, 11) is 3.55. The second-order valence-electron chi connectivity index (χ2n) is 4.36. The van der Waals surface area contributed by atoms with Crippen LogP contribution in [0.1, 0.15) is 23.2 Å². The van der Waals surface area contributed by atoms with Gasteiger partial charge < -0.3 is 14.4 Å². The third-order valence-corrected chi connectivity index (χ3v) is 3.16. The molecular weight excluding hydrogens is 228 g/mol. The Kier molecular flexibility index (Phi) is 3.67. The number of aryl methyl sites for hydroxylation is 1. The summed E-state index contributed by atoms with van der Waals surface area (Å²) in [6.45, 7) is 1.92. The van der Waals surface area contributed by atoms with E-state index in [1.54, 1.807) is 13.3 Å². The first kappa shape index (κ1) is 12.6. The van der Waals surface area contributed by atoms with Crippen molar-refractivity contribution in [1.29, 1.82) is 0 Å². The van der Waals surface area contributed by atoms with Crippen LogP contribution in [0.25, 0.3) is 0 Å². The van der Waals surface area contributed by atoms with Gasteiger partial charge in [-0.25, -0.2) is 4.98 Å². The van der Waals surface area contributed by atoms with Crippen LogP contribution in [-0.4, -0.2) is 21.8 Å². The molecule has 1 atom stereocenters. The van der Waals surface area contributed by atoms with Crippen molar-refractivity contribution in [3.63, 3.8) is 0 Å². The van der Waals surface area contributed by atoms with Gasteiger partial charge in [0.2, 0.25) is 0 Å². The molecule has 1 aromatic heterocycles. The summed E-state index contributed by atoms with van der Waals surface area (Å²) >= 11 is 0. The SMILES string of the molecule is COc1cccc(CC(O)c2cnc(C)n2C)c1. The Hall–Kier alpha value is -1.81. The zero-order chi connectivity index (χ0) is 13.1. The number of aliphatic hydroxyl groups excluding tert-OH is 1. The Labute approximate surface area is 107 Å². The predicted octanol–water partition coefficient (Wildman–Crippen LogP) is 2.01. The highest BCUT2D eigenvalue weighted by Crippen LogP contribution is 2.21. The summed E-state index contributed by atoms with van der Waals surface area (Å²) in [5.41, 5.74) is 1.87. The molecule has 0 aliphatic rings. The lowest BCUT2D eigenvalue weighted by Gasteiger charge is -2.12. The van der Waals surface area contributed by atoms with Crippen LogP contribution in [0, 0.1) is 6.92 Å². The van der Waals surface area contributed by atoms with Crippen molar-refractivity contribution >= 4 is 0 Å². The van der Waals surface area contributed by atoms with Crippen LogP contribution >= 0.6 is 0 Å². The third kappa shape index (κ3) is 2.54. The number of benzene rings is 1. The van der Waals surface area contributed by atoms with Crippen molar-refractivity contribution in [2.75, 3.05) is 7.11 Å². The number of hydrogen-bond donors (Lipinski definition) is 1. The monoisotopic (exact) mass is 246 g/mol. The van der Waals surface area contributed by atoms with E-state index in [0.717, 1.165) is 22.8 Å². The van der Waals surface area contributed by atoms with Gasteiger partial charge in [0.05, 0.1) is 25.1 Å². The molecule has 18 heavy (non-hydrogen) atoms. The molecule has 0 aliphatic heterocycles. The topological polar surface area (TPSA) is 47.3 Å². The van der Waals surface area contributed by atoms with Gasteiger partial charge in [0, 0.05) is 13.5 Å². The van der Waals surface area contributed by atoms with Crippen molar-refractivity contribution < 1.29 is 9.84 Å². The largest absolute Gasteiger partial charge is 0.497 e. The smallest absolute Gasteiger partial charge is 0.119 e. The fraction of sp³-hybridized carbons (Fsp3) is 0.357. The molecule has 0 radical (unpaired) electrons. The number of aromatic nitrogens is 2. The van der Waals surface area contributed by atoms with Gasteiger partial charge in [-0.1, -0.05) is 12.1 Å². The molecule has 4 heteroatoms. The molecule has 1 aromatic carbocycles. The van der Waals surface area contributed by atoms with Crippen LogP contribution < -0.4 is 4.74 Å². The molecule has 1 N–H and O–H groups in total. The maximum absolute atomic E-state index is 10.2. The third-order valence-electron chi connectivity index (χ3n) is 3.16. The number of methoxy groups -OCH3 is 1. The Bertz CT molecular complexity index is 534. The first-order valence-electron chi connectivity index (χ1n) is 5.91. The second-order valence-corrected chi connectivity index (χ2v) is 4.36. The Morgan fingerprint density at radius 1 is 1.44 bits per heavy atom. The average molecular weight is 246 g/mol. The van der Waals surface area contributed by atoms with Gasteiger partial charge in [0.25, 0.3) is 0 Å². The van der Waals surface area contributed by atoms with Crippen molar-refractivity contribution in [3.05, 3.63) is 47.5 Å². The standard InChI is InChI=1S/C14H18N2O2/c1-10-15-9-13(16(10)2)14(17)8-11-5-4-6-12(7-11)18-3/h4-7,9,14,17H,8H2,1-3H3. The zero-order valence-corrected chi connectivity index (χ0v) is 10.9. The fourth-order valence-corrected chi connectivity index (χ4v) is 1.96. The lowest BCUT2D eigenvalue weighted by Crippen LogP contribution is -2.08. The molecule has 0 amide bonds. The lowest BCUT2D eigenvalue weighted by atomic mass is 10.1. The Morgan fingerprint density at radius 2 is 2.22 bits per heavy atom. The number of nitrogens with zero attached hydrogens (tertiary/aromatic N) is 2. The van der Waals surface area contributed by atoms with Crippen LogP contribution in [0.3, 0.4) is 0 Å². The van der Waals surface area contributed by atoms with Gasteiger partial charge in [-0.2, -0.15) is 0 Å². The lowest BCUT2D eigenvalue weighted by molar-refractivity contribution is 0.170. The van der Waals surface area contributed by atoms with Crippen molar-refractivity contribution in [2.45, 2.75) is 19.4 Å². The highest BCUT2D eigenvalue weighted by Gasteiger charge is 2.14. The van der Waals surface area contributed by atoms with Gasteiger partial charge in [0.15, 0.2) is 0 Å². The number of hydrogen-bond acceptors (Lipinski definition) is 3. The fourth-order valence-electron chi connectivity index (χ4n) is 1.96. The molecule has 0 aliphatic carbocycles. The van der Waals surface area contributed by atoms with E-state index in [1.165, 1.54) is 0 Å². The van der Waals surface area contributed by atoms with Crippen LogP contribution in [-0.2, 0) is 13.5 Å². The number of ether oxygens (including phenoxy) is 1. The molecule has 1 unspecified atom stereocenters. The van der Waals surface area contributed by atoms with Crippen LogP contribution in [0.4, 0.5) is 0 Å². The van der Waals surface area contributed by atoms with E-state index in [9.17, 15) is 5.11 Å². The van der Waals surface area contributed by atoms with Crippen molar-refractivity contribution in [2.24, 2.45) is 7.05 Å². The maximum atomic E-state index is 10.2. The Balaban J connectivity index is 2.15. The van der Waals surface area contributed by atoms with Crippen molar-refractivity contribution in [3.8, 4) is 5.75 Å². The first-order chi connectivity index (χ1) is 8.61. The zero-order valence-electron chi connectivity index (χ0n) is 10.9. The molecular formula is C14H18N2O2. The summed E-state index contributed by atoms with van der Waals surface area (Å²) in [6, 6.07) is 7.74. The Morgan fingerprint density at radius 3 is 2.83 bits per heavy atom. The quantitative estimate of drug-likeness (QED) is 0.897. The number of aliphatic hydroxyl groups is 1. The van der Waals surface area contributed by atoms with Gasteiger partial charge in [-0.05, 0) is 24.6 Å². The van der Waals surface area contributed by atoms with Gasteiger partial charge in [-0.3, -0.25) is 0 Å². The van der Waals surface area contributed by atoms with Gasteiger partial charge >= 0.3 is 0 Å². The molecule has 0 spiro atoms. The molecule has 1 heterocycles. The molecule has 2 aromatic rings. The molecule has 0 fully saturated rings. The summed E-state index contributed by atoms with van der Waals surface area (Å²) in [6.07, 6.45) is 1.72. The van der Waals surface area contributed by atoms with E-state index in [0.29, 0.717) is 6.42 Å². The van der Waals surface area contributed by atoms with E-state index in [2.05, 4.69) is 4.98 Å². The summed E-state index contributed by atoms with van der Waals surface area (Å²) < 4.78 is 7.08. The molecule has 4 nitrogen and oxygen atoms in total. The van der Waals surface area contributed by atoms with Gasteiger partial charge in [-0.15, -0.1) is 0 Å². The predicted molar refractivity (Wildman–Crippen MR) is 69.6 cm³/mol. The minimum absolute atomic E-state index is 0.552. The molecule has 0 bridgehead atoms. The minimum atomic E-state index is -0.552. The van der Waals surface area contributed by atoms with Crippen LogP contribution in [0.15, 0.2) is 30.5 Å². The highest BCUT2D eigenvalue weighted by atomic mass is 16.5. The minimum Gasteiger partial charge on any atom is -0.497 e. The second kappa shape index (κ2) is 5.23. The summed E-state index contributed by atoms with van der Waals surface area (Å²) in [5, 5.41) is 10.2. The number of imidazole rings is 1. The molecule has 2 rings (SSSR count). The maximum Gasteiger partial charge on any atom is 0.119 e. The first-order valence-corrected chi connectivity index (χ1v) is 5.91. The summed E-state index contributed by atoms with van der Waals surface area (Å²) in [5.74, 6) is 1.70. The van der Waals surface area contributed by atoms with E-state index in [-0.39, 0.29) is 0 Å². The van der Waals surface area contributed by atoms with E-state index >= 15 is 0 Å². The van der Waals surface area contributed by atoms with E-state index < -0.39 is 6.10 Å². The van der Waals surface area contributed by atoms with Crippen molar-refractivity contribution in [1.82, 2.24) is 9.55 Å². The average Bonchev–Trinajstić information content (AvgIpc) is 2.70. The van der Waals surface area contributed by atoms with Crippen LogP contribution in [0.2, 0.25) is 0 Å². The molecule has 96 valence electrons. The molecule has 0 saturated heterocycles. The van der Waals surface area contributed by atoms with E-state index in [4.69, 9.17) is 4.74 Å². The highest BCUT2D eigenvalue weighted by molar-refractivity contribution is 5.29. The van der Waals surface area contributed by atoms with E-state index in [1.807, 2.05) is 42.8 Å². The normalized spacial score (nSPS) is 12.4. The number of rotatable bonds is 4. The summed E-state index contributed by atoms with van der Waals surface area (Å²) in [4.78, 5) is 4.19. The van der Waals surface area contributed by atoms with Crippen LogP contribution in [0.5, 0.6) is 5.75 Å².